The fourth-order valence-corrected chi connectivity index (χ4v) is 4.61. The molecular weight excluding hydrogens is 463 g/mol. The monoisotopic (exact) mass is 480 g/mol. The topological polar surface area (TPSA) is 75.7 Å². The van der Waals surface area contributed by atoms with E-state index in [1.54, 1.807) is 29.2 Å². The Bertz CT molecular complexity index is 1060. The molecule has 4 rings (SSSR count). The van der Waals surface area contributed by atoms with Crippen LogP contribution in [0.1, 0.15) is 40.0 Å². The van der Waals surface area contributed by atoms with Crippen LogP contribution < -0.4 is 10.1 Å². The van der Waals surface area contributed by atoms with Crippen molar-refractivity contribution < 1.29 is 19.1 Å². The molecule has 0 bridgehead atoms. The Morgan fingerprint density at radius 1 is 1.03 bits per heavy atom. The summed E-state index contributed by atoms with van der Waals surface area (Å²) >= 11 is 17.9. The van der Waals surface area contributed by atoms with Gasteiger partial charge in [-0.2, -0.15) is 0 Å². The SMILES string of the molecule is O=C(NCC(=O)N1CCC2(CC1)CC(=O)c1cc(Cl)ccc1O2)c1ccc(Cl)cc1Cl. The van der Waals surface area contributed by atoms with Gasteiger partial charge in [0.25, 0.3) is 5.91 Å². The van der Waals surface area contributed by atoms with Crippen molar-refractivity contribution >= 4 is 52.4 Å². The van der Waals surface area contributed by atoms with Crippen LogP contribution in [0.4, 0.5) is 0 Å². The number of hydrogen-bond donors (Lipinski definition) is 1. The van der Waals surface area contributed by atoms with Crippen molar-refractivity contribution in [3.63, 3.8) is 0 Å². The van der Waals surface area contributed by atoms with Gasteiger partial charge in [0.05, 0.1) is 29.1 Å². The Morgan fingerprint density at radius 2 is 1.71 bits per heavy atom. The van der Waals surface area contributed by atoms with Crippen molar-refractivity contribution in [2.75, 3.05) is 19.6 Å². The average molecular weight is 482 g/mol. The third-order valence-electron chi connectivity index (χ3n) is 5.65. The second kappa shape index (κ2) is 8.69. The van der Waals surface area contributed by atoms with Gasteiger partial charge in [-0.25, -0.2) is 0 Å². The zero-order chi connectivity index (χ0) is 22.2. The number of amides is 2. The second-order valence-corrected chi connectivity index (χ2v) is 8.99. The number of ketones is 1. The van der Waals surface area contributed by atoms with Gasteiger partial charge in [-0.3, -0.25) is 14.4 Å². The molecular formula is C22H19Cl3N2O4. The minimum absolute atomic E-state index is 0.00404. The van der Waals surface area contributed by atoms with Gasteiger partial charge < -0.3 is 15.0 Å². The van der Waals surface area contributed by atoms with Crippen LogP contribution >= 0.6 is 34.8 Å². The van der Waals surface area contributed by atoms with E-state index >= 15 is 0 Å². The quantitative estimate of drug-likeness (QED) is 0.705. The molecule has 1 saturated heterocycles. The number of nitrogens with zero attached hydrogens (tertiary/aromatic N) is 1. The average Bonchev–Trinajstić information content (AvgIpc) is 2.73. The Morgan fingerprint density at radius 3 is 2.42 bits per heavy atom. The van der Waals surface area contributed by atoms with Gasteiger partial charge >= 0.3 is 0 Å². The summed E-state index contributed by atoms with van der Waals surface area (Å²) in [7, 11) is 0. The molecule has 31 heavy (non-hydrogen) atoms. The first kappa shape index (κ1) is 21.9. The first-order valence-electron chi connectivity index (χ1n) is 9.79. The van der Waals surface area contributed by atoms with Gasteiger partial charge in [-0.05, 0) is 36.4 Å². The van der Waals surface area contributed by atoms with E-state index in [-0.39, 0.29) is 35.2 Å². The number of piperidine rings is 1. The number of nitrogens with one attached hydrogen (secondary N) is 1. The summed E-state index contributed by atoms with van der Waals surface area (Å²) in [4.78, 5) is 39.2. The highest BCUT2D eigenvalue weighted by Gasteiger charge is 2.43. The molecule has 2 aliphatic rings. The number of halogens is 3. The molecule has 1 N–H and O–H groups in total. The summed E-state index contributed by atoms with van der Waals surface area (Å²) in [6, 6.07) is 9.58. The fourth-order valence-electron chi connectivity index (χ4n) is 3.95. The number of hydrogen-bond acceptors (Lipinski definition) is 4. The number of carbonyl (C=O) groups excluding carboxylic acids is 3. The van der Waals surface area contributed by atoms with Crippen LogP contribution in [0.25, 0.3) is 0 Å². The molecule has 0 atom stereocenters. The third-order valence-corrected chi connectivity index (χ3v) is 6.44. The number of benzene rings is 2. The highest BCUT2D eigenvalue weighted by atomic mass is 35.5. The van der Waals surface area contributed by atoms with Crippen molar-refractivity contribution in [3.05, 3.63) is 62.6 Å². The Hall–Kier alpha value is -2.28. The minimum atomic E-state index is -0.616. The lowest BCUT2D eigenvalue weighted by molar-refractivity contribution is -0.133. The van der Waals surface area contributed by atoms with Crippen molar-refractivity contribution in [1.82, 2.24) is 10.2 Å². The molecule has 1 fully saturated rings. The second-order valence-electron chi connectivity index (χ2n) is 7.71. The van der Waals surface area contributed by atoms with Crippen LogP contribution in [-0.4, -0.2) is 47.7 Å². The van der Waals surface area contributed by atoms with Crippen LogP contribution in [0, 0.1) is 0 Å². The van der Waals surface area contributed by atoms with E-state index in [0.29, 0.717) is 47.3 Å². The summed E-state index contributed by atoms with van der Waals surface area (Å²) in [5.41, 5.74) is 0.138. The molecule has 0 aliphatic carbocycles. The fraction of sp³-hybridized carbons (Fsp3) is 0.318. The highest BCUT2D eigenvalue weighted by Crippen LogP contribution is 2.40. The maximum atomic E-state index is 12.6. The van der Waals surface area contributed by atoms with E-state index in [1.165, 1.54) is 12.1 Å². The van der Waals surface area contributed by atoms with E-state index in [2.05, 4.69) is 5.32 Å². The van der Waals surface area contributed by atoms with Crippen LogP contribution in [0.3, 0.4) is 0 Å². The number of Topliss-reactive ketones (excluding diaryl/α,β-unsaturated/α-hetero) is 1. The molecule has 6 nitrogen and oxygen atoms in total. The summed E-state index contributed by atoms with van der Waals surface area (Å²) in [5.74, 6) is -0.120. The largest absolute Gasteiger partial charge is 0.486 e. The zero-order valence-electron chi connectivity index (χ0n) is 16.4. The summed E-state index contributed by atoms with van der Waals surface area (Å²) in [6.07, 6.45) is 1.32. The molecule has 2 aromatic rings. The summed E-state index contributed by atoms with van der Waals surface area (Å²) in [5, 5.41) is 3.74. The van der Waals surface area contributed by atoms with Crippen LogP contribution in [-0.2, 0) is 4.79 Å². The predicted octanol–water partition coefficient (Wildman–Crippen LogP) is 4.40. The normalized spacial score (nSPS) is 17.1. The van der Waals surface area contributed by atoms with Gasteiger partial charge in [0.2, 0.25) is 5.91 Å². The maximum absolute atomic E-state index is 12.6. The molecule has 1 spiro atoms. The van der Waals surface area contributed by atoms with Gasteiger partial charge in [0.1, 0.15) is 11.4 Å². The Labute approximate surface area is 194 Å². The lowest BCUT2D eigenvalue weighted by atomic mass is 9.82. The number of likely N-dealkylation sites (tertiary alicyclic amines) is 1. The number of rotatable bonds is 3. The molecule has 2 aliphatic heterocycles. The van der Waals surface area contributed by atoms with Crippen LogP contribution in [0.5, 0.6) is 5.75 Å². The van der Waals surface area contributed by atoms with Crippen molar-refractivity contribution in [2.24, 2.45) is 0 Å². The molecule has 0 aromatic heterocycles. The molecule has 2 aromatic carbocycles. The van der Waals surface area contributed by atoms with Crippen LogP contribution in [0.2, 0.25) is 15.1 Å². The van der Waals surface area contributed by atoms with E-state index in [4.69, 9.17) is 39.5 Å². The first-order valence-corrected chi connectivity index (χ1v) is 10.9. The van der Waals surface area contributed by atoms with Crippen LogP contribution in [0.15, 0.2) is 36.4 Å². The van der Waals surface area contributed by atoms with Crippen molar-refractivity contribution in [2.45, 2.75) is 24.9 Å². The van der Waals surface area contributed by atoms with Gasteiger partial charge in [-0.15, -0.1) is 0 Å². The summed E-state index contributed by atoms with van der Waals surface area (Å²) < 4.78 is 6.18. The zero-order valence-corrected chi connectivity index (χ0v) is 18.7. The lowest BCUT2D eigenvalue weighted by Gasteiger charge is -2.44. The molecule has 2 amide bonds. The third kappa shape index (κ3) is 4.66. The van der Waals surface area contributed by atoms with E-state index < -0.39 is 11.5 Å². The number of fused-ring (bicyclic) bond motifs is 1. The van der Waals surface area contributed by atoms with E-state index in [1.807, 2.05) is 0 Å². The molecule has 0 radical (unpaired) electrons. The Kier molecular flexibility index (Phi) is 6.15. The standard InChI is InChI=1S/C22H19Cl3N2O4/c23-13-2-4-19-16(9-13)18(28)11-22(31-19)5-7-27(8-6-22)20(29)12-26-21(30)15-3-1-14(24)10-17(15)25/h1-4,9-10H,5-8,11-12H2,(H,26,30). The Balaban J connectivity index is 1.33. The van der Waals surface area contributed by atoms with Gasteiger partial charge in [0, 0.05) is 36.0 Å². The highest BCUT2D eigenvalue weighted by molar-refractivity contribution is 6.36. The minimum Gasteiger partial charge on any atom is -0.486 e. The van der Waals surface area contributed by atoms with E-state index in [0.717, 1.165) is 0 Å². The number of carbonyl (C=O) groups is 3. The first-order chi connectivity index (χ1) is 14.8. The molecule has 2 heterocycles. The molecule has 0 saturated carbocycles. The lowest BCUT2D eigenvalue weighted by Crippen LogP contribution is -2.53. The predicted molar refractivity (Wildman–Crippen MR) is 118 cm³/mol. The molecule has 0 unspecified atom stereocenters. The molecule has 9 heteroatoms. The maximum Gasteiger partial charge on any atom is 0.253 e. The van der Waals surface area contributed by atoms with E-state index in [9.17, 15) is 14.4 Å². The number of ether oxygens (including phenoxy) is 1. The summed E-state index contributed by atoms with van der Waals surface area (Å²) in [6.45, 7) is 0.727. The van der Waals surface area contributed by atoms with Crippen molar-refractivity contribution in [1.29, 1.82) is 0 Å². The van der Waals surface area contributed by atoms with Crippen molar-refractivity contribution in [3.8, 4) is 5.75 Å². The molecule has 162 valence electrons. The van der Waals surface area contributed by atoms with Gasteiger partial charge in [0.15, 0.2) is 5.78 Å². The smallest absolute Gasteiger partial charge is 0.253 e. The van der Waals surface area contributed by atoms with Gasteiger partial charge in [-0.1, -0.05) is 34.8 Å².